The maximum Gasteiger partial charge on any atom is 0.193 e. The first-order valence-corrected chi connectivity index (χ1v) is 7.02. The van der Waals surface area contributed by atoms with E-state index in [4.69, 9.17) is 10.2 Å². The molecule has 0 radical (unpaired) electrons. The lowest BCUT2D eigenvalue weighted by Crippen LogP contribution is -2.01. The molecule has 0 spiro atoms. The minimum atomic E-state index is -0.0342. The Bertz CT molecular complexity index is 878. The van der Waals surface area contributed by atoms with E-state index in [0.717, 1.165) is 23.1 Å². The number of anilines is 1. The molecule has 3 heteroatoms. The average Bonchev–Trinajstić information content (AvgIpc) is 2.49. The number of fused-ring (bicyclic) bond motifs is 1. The number of benzene rings is 2. The van der Waals surface area contributed by atoms with E-state index < -0.39 is 0 Å². The van der Waals surface area contributed by atoms with Crippen LogP contribution in [0.5, 0.6) is 0 Å². The summed E-state index contributed by atoms with van der Waals surface area (Å²) in [6.45, 7) is 4.02. The molecule has 2 N–H and O–H groups in total. The summed E-state index contributed by atoms with van der Waals surface area (Å²) in [4.78, 5) is 12.2. The van der Waals surface area contributed by atoms with Gasteiger partial charge in [-0.05, 0) is 42.7 Å². The van der Waals surface area contributed by atoms with Crippen LogP contribution in [0.3, 0.4) is 0 Å². The Kier molecular flexibility index (Phi) is 3.26. The molecular weight excluding hydrogens is 262 g/mol. The molecule has 0 saturated carbocycles. The second-order valence-corrected chi connectivity index (χ2v) is 5.23. The van der Waals surface area contributed by atoms with Crippen LogP contribution in [0.25, 0.3) is 22.3 Å². The summed E-state index contributed by atoms with van der Waals surface area (Å²) in [6, 6.07) is 12.9. The molecule has 3 aromatic rings. The highest BCUT2D eigenvalue weighted by Gasteiger charge is 2.08. The molecule has 0 bridgehead atoms. The smallest absolute Gasteiger partial charge is 0.193 e. The number of hydrogen-bond donors (Lipinski definition) is 1. The van der Waals surface area contributed by atoms with Crippen molar-refractivity contribution in [2.45, 2.75) is 20.3 Å². The van der Waals surface area contributed by atoms with E-state index in [1.807, 2.05) is 43.3 Å². The zero-order valence-electron chi connectivity index (χ0n) is 12.1. The zero-order valence-corrected chi connectivity index (χ0v) is 12.1. The van der Waals surface area contributed by atoms with Crippen molar-refractivity contribution in [3.8, 4) is 11.3 Å². The van der Waals surface area contributed by atoms with Gasteiger partial charge in [0.15, 0.2) is 5.43 Å². The number of rotatable bonds is 2. The van der Waals surface area contributed by atoms with Crippen molar-refractivity contribution in [2.24, 2.45) is 0 Å². The van der Waals surface area contributed by atoms with Gasteiger partial charge in [-0.15, -0.1) is 0 Å². The Morgan fingerprint density at radius 1 is 1.10 bits per heavy atom. The van der Waals surface area contributed by atoms with Gasteiger partial charge in [-0.2, -0.15) is 0 Å². The monoisotopic (exact) mass is 279 g/mol. The lowest BCUT2D eigenvalue weighted by atomic mass is 10.1. The predicted octanol–water partition coefficient (Wildman–Crippen LogP) is 3.91. The van der Waals surface area contributed by atoms with Gasteiger partial charge in [0, 0.05) is 17.3 Å². The molecule has 0 aliphatic heterocycles. The van der Waals surface area contributed by atoms with Gasteiger partial charge in [0.2, 0.25) is 0 Å². The summed E-state index contributed by atoms with van der Waals surface area (Å²) in [6.07, 6.45) is 0.904. The maximum absolute atomic E-state index is 12.2. The highest BCUT2D eigenvalue weighted by atomic mass is 16.3. The molecule has 0 unspecified atom stereocenters. The van der Waals surface area contributed by atoms with E-state index in [2.05, 4.69) is 6.92 Å². The van der Waals surface area contributed by atoms with E-state index in [1.165, 1.54) is 6.07 Å². The normalized spacial score (nSPS) is 11.0. The summed E-state index contributed by atoms with van der Waals surface area (Å²) < 4.78 is 5.91. The summed E-state index contributed by atoms with van der Waals surface area (Å²) in [5, 5.41) is 0.607. The minimum absolute atomic E-state index is 0.0342. The molecular formula is C18H17NO2. The maximum atomic E-state index is 12.2. The van der Waals surface area contributed by atoms with Crippen molar-refractivity contribution in [2.75, 3.05) is 5.73 Å². The summed E-state index contributed by atoms with van der Waals surface area (Å²) in [5.41, 5.74) is 10.2. The van der Waals surface area contributed by atoms with Crippen molar-refractivity contribution in [1.82, 2.24) is 0 Å². The van der Waals surface area contributed by atoms with Crippen LogP contribution >= 0.6 is 0 Å². The first kappa shape index (κ1) is 13.4. The van der Waals surface area contributed by atoms with E-state index in [-0.39, 0.29) is 5.43 Å². The molecule has 0 atom stereocenters. The molecule has 0 fully saturated rings. The second-order valence-electron chi connectivity index (χ2n) is 5.23. The third-order valence-corrected chi connectivity index (χ3v) is 3.77. The Morgan fingerprint density at radius 3 is 2.62 bits per heavy atom. The van der Waals surface area contributed by atoms with Crippen molar-refractivity contribution < 1.29 is 4.42 Å². The Morgan fingerprint density at radius 2 is 1.90 bits per heavy atom. The van der Waals surface area contributed by atoms with Crippen molar-refractivity contribution in [3.05, 3.63) is 63.8 Å². The molecule has 21 heavy (non-hydrogen) atoms. The van der Waals surface area contributed by atoms with Gasteiger partial charge in [-0.1, -0.05) is 25.1 Å². The molecule has 2 aromatic carbocycles. The predicted molar refractivity (Wildman–Crippen MR) is 86.4 cm³/mol. The van der Waals surface area contributed by atoms with Crippen LogP contribution in [0.4, 0.5) is 5.69 Å². The Hall–Kier alpha value is -2.55. The lowest BCUT2D eigenvalue weighted by molar-refractivity contribution is 0.618. The SMILES string of the molecule is CCc1ccc2c(=O)cc(-c3ccc(C)c(N)c3)oc2c1. The average molecular weight is 279 g/mol. The van der Waals surface area contributed by atoms with Crippen LogP contribution in [-0.2, 0) is 6.42 Å². The van der Waals surface area contributed by atoms with Gasteiger partial charge in [-0.3, -0.25) is 4.79 Å². The van der Waals surface area contributed by atoms with Crippen molar-refractivity contribution in [1.29, 1.82) is 0 Å². The van der Waals surface area contributed by atoms with Crippen molar-refractivity contribution in [3.63, 3.8) is 0 Å². The number of aryl methyl sites for hydroxylation is 2. The molecule has 0 saturated heterocycles. The molecule has 1 heterocycles. The number of hydrogen-bond acceptors (Lipinski definition) is 3. The Labute approximate surface area is 123 Å². The fourth-order valence-corrected chi connectivity index (χ4v) is 2.36. The van der Waals surface area contributed by atoms with Crippen LogP contribution < -0.4 is 11.2 Å². The Balaban J connectivity index is 2.23. The van der Waals surface area contributed by atoms with Crippen LogP contribution in [0, 0.1) is 6.92 Å². The largest absolute Gasteiger partial charge is 0.456 e. The van der Waals surface area contributed by atoms with E-state index in [0.29, 0.717) is 22.4 Å². The van der Waals surface area contributed by atoms with Crippen molar-refractivity contribution >= 4 is 16.7 Å². The topological polar surface area (TPSA) is 56.2 Å². The van der Waals surface area contributed by atoms with Gasteiger partial charge in [0.05, 0.1) is 5.39 Å². The molecule has 1 aromatic heterocycles. The second kappa shape index (κ2) is 5.09. The zero-order chi connectivity index (χ0) is 15.0. The van der Waals surface area contributed by atoms with Gasteiger partial charge in [0.1, 0.15) is 11.3 Å². The summed E-state index contributed by atoms with van der Waals surface area (Å²) in [7, 11) is 0. The van der Waals surface area contributed by atoms with E-state index >= 15 is 0 Å². The number of nitrogen functional groups attached to an aromatic ring is 1. The van der Waals surface area contributed by atoms with E-state index in [9.17, 15) is 4.79 Å². The van der Waals surface area contributed by atoms with Crippen LogP contribution in [0.15, 0.2) is 51.7 Å². The molecule has 106 valence electrons. The molecule has 0 amide bonds. The fourth-order valence-electron chi connectivity index (χ4n) is 2.36. The van der Waals surface area contributed by atoms with Crippen LogP contribution in [0.2, 0.25) is 0 Å². The standard InChI is InChI=1S/C18H17NO2/c1-3-12-5-7-14-16(20)10-17(21-18(14)8-12)13-6-4-11(2)15(19)9-13/h4-10H,3,19H2,1-2H3. The molecule has 0 aliphatic rings. The highest BCUT2D eigenvalue weighted by molar-refractivity contribution is 5.79. The third-order valence-electron chi connectivity index (χ3n) is 3.77. The molecule has 3 rings (SSSR count). The van der Waals surface area contributed by atoms with Gasteiger partial charge in [0.25, 0.3) is 0 Å². The first-order valence-electron chi connectivity index (χ1n) is 7.02. The summed E-state index contributed by atoms with van der Waals surface area (Å²) >= 11 is 0. The molecule has 0 aliphatic carbocycles. The first-order chi connectivity index (χ1) is 10.1. The van der Waals surface area contributed by atoms with Crippen LogP contribution in [0.1, 0.15) is 18.1 Å². The number of nitrogens with two attached hydrogens (primary N) is 1. The van der Waals surface area contributed by atoms with E-state index in [1.54, 1.807) is 0 Å². The van der Waals surface area contributed by atoms with Gasteiger partial charge < -0.3 is 10.2 Å². The lowest BCUT2D eigenvalue weighted by Gasteiger charge is -2.06. The summed E-state index contributed by atoms with van der Waals surface area (Å²) in [5.74, 6) is 0.549. The van der Waals surface area contributed by atoms with Gasteiger partial charge in [-0.25, -0.2) is 0 Å². The minimum Gasteiger partial charge on any atom is -0.456 e. The molecule has 3 nitrogen and oxygen atoms in total. The highest BCUT2D eigenvalue weighted by Crippen LogP contribution is 2.25. The van der Waals surface area contributed by atoms with Crippen LogP contribution in [-0.4, -0.2) is 0 Å². The fraction of sp³-hybridized carbons (Fsp3) is 0.167. The van der Waals surface area contributed by atoms with Gasteiger partial charge >= 0.3 is 0 Å². The quantitative estimate of drug-likeness (QED) is 0.723. The third kappa shape index (κ3) is 2.42.